The van der Waals surface area contributed by atoms with Gasteiger partial charge in [-0.2, -0.15) is 5.10 Å². The van der Waals surface area contributed by atoms with E-state index in [-0.39, 0.29) is 16.5 Å². The normalized spacial score (nSPS) is 10.6. The van der Waals surface area contributed by atoms with E-state index >= 15 is 0 Å². The quantitative estimate of drug-likeness (QED) is 0.243. The van der Waals surface area contributed by atoms with Gasteiger partial charge in [0.15, 0.2) is 0 Å². The molecule has 1 rings (SSSR count). The Kier molecular flexibility index (Phi) is 6.10. The van der Waals surface area contributed by atoms with Crippen LogP contribution in [-0.2, 0) is 24.2 Å². The summed E-state index contributed by atoms with van der Waals surface area (Å²) in [5.74, 6) is 4.79. The molecule has 0 aliphatic carbocycles. The summed E-state index contributed by atoms with van der Waals surface area (Å²) >= 11 is 0. The number of rotatable bonds is 8. The number of aryl methyl sites for hydroxylation is 2. The first-order valence-corrected chi connectivity index (χ1v) is 6.77. The van der Waals surface area contributed by atoms with Crippen molar-refractivity contribution in [3.63, 3.8) is 0 Å². The molecular weight excluding hydrogens is 262 g/mol. The molecule has 0 radical (unpaired) electrons. The highest BCUT2D eigenvalue weighted by Gasteiger charge is 2.24. The lowest BCUT2D eigenvalue weighted by atomic mass is 10.2. The first kappa shape index (κ1) is 16.1. The molecule has 0 atom stereocenters. The number of nitrogens with zero attached hydrogens (tertiary/aromatic N) is 3. The number of hydrogen-bond acceptors (Lipinski definition) is 5. The van der Waals surface area contributed by atoms with Gasteiger partial charge in [0.25, 0.3) is 0 Å². The number of nitro groups is 1. The van der Waals surface area contributed by atoms with Gasteiger partial charge in [-0.3, -0.25) is 25.0 Å². The minimum absolute atomic E-state index is 0.134. The van der Waals surface area contributed by atoms with Crippen molar-refractivity contribution in [2.24, 2.45) is 5.84 Å². The van der Waals surface area contributed by atoms with Crippen molar-refractivity contribution >= 4 is 11.6 Å². The molecule has 8 heteroatoms. The van der Waals surface area contributed by atoms with Crippen LogP contribution in [0, 0.1) is 10.1 Å². The van der Waals surface area contributed by atoms with E-state index in [1.54, 1.807) is 4.68 Å². The molecule has 8 nitrogen and oxygen atoms in total. The van der Waals surface area contributed by atoms with Crippen molar-refractivity contribution in [3.05, 3.63) is 21.5 Å². The second kappa shape index (κ2) is 7.59. The summed E-state index contributed by atoms with van der Waals surface area (Å²) in [6.45, 7) is 4.30. The van der Waals surface area contributed by atoms with Crippen LogP contribution in [0.25, 0.3) is 0 Å². The molecule has 0 saturated heterocycles. The topological polar surface area (TPSA) is 116 Å². The summed E-state index contributed by atoms with van der Waals surface area (Å²) in [5.41, 5.74) is 3.38. The summed E-state index contributed by atoms with van der Waals surface area (Å²) in [7, 11) is 0. The fraction of sp³-hybridized carbons (Fsp3) is 0.667. The van der Waals surface area contributed by atoms with E-state index in [0.29, 0.717) is 43.6 Å². The van der Waals surface area contributed by atoms with Gasteiger partial charge in [0, 0.05) is 13.0 Å². The Morgan fingerprint density at radius 3 is 2.60 bits per heavy atom. The highest BCUT2D eigenvalue weighted by molar-refractivity contribution is 5.75. The van der Waals surface area contributed by atoms with Gasteiger partial charge in [0.2, 0.25) is 5.91 Å². The Hall–Kier alpha value is -1.96. The fourth-order valence-corrected chi connectivity index (χ4v) is 2.15. The van der Waals surface area contributed by atoms with E-state index in [1.807, 2.05) is 13.8 Å². The summed E-state index contributed by atoms with van der Waals surface area (Å²) in [6, 6.07) is 0. The van der Waals surface area contributed by atoms with E-state index in [9.17, 15) is 14.9 Å². The summed E-state index contributed by atoms with van der Waals surface area (Å²) in [4.78, 5) is 21.8. The van der Waals surface area contributed by atoms with Crippen LogP contribution in [0.3, 0.4) is 0 Å². The van der Waals surface area contributed by atoms with Gasteiger partial charge in [-0.25, -0.2) is 5.84 Å². The van der Waals surface area contributed by atoms with Crippen LogP contribution in [0.5, 0.6) is 0 Å². The third kappa shape index (κ3) is 3.77. The maximum Gasteiger partial charge on any atom is 0.313 e. The average molecular weight is 283 g/mol. The van der Waals surface area contributed by atoms with E-state index in [2.05, 4.69) is 10.5 Å². The first-order chi connectivity index (χ1) is 9.54. The Morgan fingerprint density at radius 2 is 2.10 bits per heavy atom. The molecule has 0 aliphatic rings. The Morgan fingerprint density at radius 1 is 1.40 bits per heavy atom. The largest absolute Gasteiger partial charge is 0.313 e. The molecule has 3 N–H and O–H groups in total. The molecule has 1 aromatic heterocycles. The zero-order valence-electron chi connectivity index (χ0n) is 11.9. The molecule has 0 fully saturated rings. The predicted octanol–water partition coefficient (Wildman–Crippen LogP) is 1.08. The summed E-state index contributed by atoms with van der Waals surface area (Å²) in [5, 5.41) is 15.4. The number of carbonyl (C=O) groups is 1. The molecular formula is C12H21N5O3. The molecule has 0 aliphatic heterocycles. The molecule has 112 valence electrons. The standard InChI is InChI=1S/C12H21N5O3/c1-3-9-12(17(19)20)10(4-2)16(15-9)8-6-5-7-11(18)14-13/h3-8,13H2,1-2H3,(H,14,18). The predicted molar refractivity (Wildman–Crippen MR) is 73.8 cm³/mol. The van der Waals surface area contributed by atoms with Gasteiger partial charge in [-0.15, -0.1) is 0 Å². The van der Waals surface area contributed by atoms with Crippen LogP contribution < -0.4 is 11.3 Å². The average Bonchev–Trinajstić information content (AvgIpc) is 2.80. The van der Waals surface area contributed by atoms with Gasteiger partial charge in [0.05, 0.1) is 4.92 Å². The minimum Gasteiger partial charge on any atom is -0.294 e. The number of aromatic nitrogens is 2. The van der Waals surface area contributed by atoms with Gasteiger partial charge in [-0.05, 0) is 25.7 Å². The van der Waals surface area contributed by atoms with Crippen LogP contribution in [0.4, 0.5) is 5.69 Å². The van der Waals surface area contributed by atoms with Crippen molar-refractivity contribution in [1.29, 1.82) is 0 Å². The molecule has 0 aromatic carbocycles. The van der Waals surface area contributed by atoms with Crippen LogP contribution in [0.15, 0.2) is 0 Å². The molecule has 0 saturated carbocycles. The van der Waals surface area contributed by atoms with Crippen molar-refractivity contribution in [2.45, 2.75) is 52.5 Å². The van der Waals surface area contributed by atoms with Crippen molar-refractivity contribution in [2.75, 3.05) is 0 Å². The highest BCUT2D eigenvalue weighted by Crippen LogP contribution is 2.25. The SMILES string of the molecule is CCc1nn(CCCCC(=O)NN)c(CC)c1[N+](=O)[O-]. The monoisotopic (exact) mass is 283 g/mol. The number of nitrogens with two attached hydrogens (primary N) is 1. The third-order valence-electron chi connectivity index (χ3n) is 3.14. The second-order valence-corrected chi connectivity index (χ2v) is 4.45. The van der Waals surface area contributed by atoms with Crippen molar-refractivity contribution in [3.8, 4) is 0 Å². The number of nitrogens with one attached hydrogen (secondary N) is 1. The third-order valence-corrected chi connectivity index (χ3v) is 3.14. The van der Waals surface area contributed by atoms with Gasteiger partial charge >= 0.3 is 5.69 Å². The Bertz CT molecular complexity index is 484. The van der Waals surface area contributed by atoms with Gasteiger partial charge in [0.1, 0.15) is 11.4 Å². The molecule has 1 amide bonds. The second-order valence-electron chi connectivity index (χ2n) is 4.45. The molecule has 0 unspecified atom stereocenters. The number of hydrogen-bond donors (Lipinski definition) is 2. The number of hydrazine groups is 1. The Balaban J connectivity index is 2.75. The van der Waals surface area contributed by atoms with Crippen molar-refractivity contribution < 1.29 is 9.72 Å². The number of unbranched alkanes of at least 4 members (excludes halogenated alkanes) is 1. The summed E-state index contributed by atoms with van der Waals surface area (Å²) in [6.07, 6.45) is 2.84. The first-order valence-electron chi connectivity index (χ1n) is 6.77. The van der Waals surface area contributed by atoms with E-state index in [4.69, 9.17) is 5.84 Å². The van der Waals surface area contributed by atoms with Crippen LogP contribution >= 0.6 is 0 Å². The smallest absolute Gasteiger partial charge is 0.294 e. The fourth-order valence-electron chi connectivity index (χ4n) is 2.15. The molecule has 0 spiro atoms. The lowest BCUT2D eigenvalue weighted by molar-refractivity contribution is -0.386. The van der Waals surface area contributed by atoms with E-state index in [0.717, 1.165) is 6.42 Å². The van der Waals surface area contributed by atoms with Crippen LogP contribution in [-0.4, -0.2) is 20.6 Å². The molecule has 1 aromatic rings. The van der Waals surface area contributed by atoms with Crippen LogP contribution in [0.1, 0.15) is 44.5 Å². The zero-order valence-corrected chi connectivity index (χ0v) is 11.9. The maximum atomic E-state index is 11.1. The lowest BCUT2D eigenvalue weighted by Gasteiger charge is -2.05. The number of carbonyl (C=O) groups excluding carboxylic acids is 1. The van der Waals surface area contributed by atoms with Crippen LogP contribution in [0.2, 0.25) is 0 Å². The van der Waals surface area contributed by atoms with E-state index < -0.39 is 0 Å². The molecule has 1 heterocycles. The molecule has 20 heavy (non-hydrogen) atoms. The lowest BCUT2D eigenvalue weighted by Crippen LogP contribution is -2.29. The minimum atomic E-state index is -0.358. The zero-order chi connectivity index (χ0) is 15.1. The van der Waals surface area contributed by atoms with Gasteiger partial charge in [-0.1, -0.05) is 13.8 Å². The highest BCUT2D eigenvalue weighted by atomic mass is 16.6. The maximum absolute atomic E-state index is 11.1. The van der Waals surface area contributed by atoms with Crippen molar-refractivity contribution in [1.82, 2.24) is 15.2 Å². The van der Waals surface area contributed by atoms with Gasteiger partial charge < -0.3 is 0 Å². The number of amides is 1. The van der Waals surface area contributed by atoms with E-state index in [1.165, 1.54) is 0 Å². The molecule has 0 bridgehead atoms. The Labute approximate surface area is 117 Å². The summed E-state index contributed by atoms with van der Waals surface area (Å²) < 4.78 is 1.69.